The lowest BCUT2D eigenvalue weighted by atomic mass is 10.0. The fourth-order valence-corrected chi connectivity index (χ4v) is 2.42. The minimum absolute atomic E-state index is 0.325. The van der Waals surface area contributed by atoms with Crippen molar-refractivity contribution < 1.29 is 0 Å². The summed E-state index contributed by atoms with van der Waals surface area (Å²) < 4.78 is 1.01. The van der Waals surface area contributed by atoms with Crippen molar-refractivity contribution >= 4 is 15.9 Å². The first-order valence-electron chi connectivity index (χ1n) is 6.47. The molecule has 1 atom stereocenters. The number of nitrogens with zero attached hydrogens (tertiary/aromatic N) is 1. The van der Waals surface area contributed by atoms with Gasteiger partial charge in [-0.2, -0.15) is 0 Å². The maximum absolute atomic E-state index is 4.37. The molecular weight excluding hydrogens is 300 g/mol. The van der Waals surface area contributed by atoms with Crippen molar-refractivity contribution in [2.24, 2.45) is 0 Å². The van der Waals surface area contributed by atoms with Crippen molar-refractivity contribution in [2.75, 3.05) is 0 Å². The smallest absolute Gasteiger partial charge is 0.0542 e. The molecule has 2 rings (SSSR count). The average molecular weight is 319 g/mol. The zero-order chi connectivity index (χ0) is 13.8. The second-order valence-electron chi connectivity index (χ2n) is 4.93. The van der Waals surface area contributed by atoms with Gasteiger partial charge in [0.2, 0.25) is 0 Å². The summed E-state index contributed by atoms with van der Waals surface area (Å²) in [6, 6.07) is 11.0. The third kappa shape index (κ3) is 3.88. The van der Waals surface area contributed by atoms with Crippen LogP contribution < -0.4 is 5.32 Å². The Balaban J connectivity index is 2.01. The Morgan fingerprint density at radius 3 is 2.63 bits per heavy atom. The van der Waals surface area contributed by atoms with E-state index in [0.717, 1.165) is 16.7 Å². The van der Waals surface area contributed by atoms with Gasteiger partial charge in [-0.1, -0.05) is 23.8 Å². The Morgan fingerprint density at radius 2 is 2.00 bits per heavy atom. The number of aryl methyl sites for hydroxylation is 2. The molecule has 3 heteroatoms. The van der Waals surface area contributed by atoms with Crippen LogP contribution >= 0.6 is 15.9 Å². The van der Waals surface area contributed by atoms with Crippen LogP contribution in [0.15, 0.2) is 41.0 Å². The Labute approximate surface area is 123 Å². The lowest BCUT2D eigenvalue weighted by Crippen LogP contribution is -2.19. The zero-order valence-electron chi connectivity index (χ0n) is 11.6. The van der Waals surface area contributed by atoms with E-state index in [1.165, 1.54) is 16.7 Å². The number of nitrogens with one attached hydrogen (secondary N) is 1. The van der Waals surface area contributed by atoms with E-state index in [0.29, 0.717) is 6.04 Å². The van der Waals surface area contributed by atoms with Gasteiger partial charge in [0.25, 0.3) is 0 Å². The van der Waals surface area contributed by atoms with Gasteiger partial charge in [-0.3, -0.25) is 4.98 Å². The molecule has 2 nitrogen and oxygen atoms in total. The summed E-state index contributed by atoms with van der Waals surface area (Å²) in [7, 11) is 0. The van der Waals surface area contributed by atoms with Gasteiger partial charge < -0.3 is 5.32 Å². The van der Waals surface area contributed by atoms with Crippen LogP contribution in [-0.4, -0.2) is 4.98 Å². The van der Waals surface area contributed by atoms with Crippen molar-refractivity contribution in [1.82, 2.24) is 10.3 Å². The van der Waals surface area contributed by atoms with E-state index >= 15 is 0 Å². The first-order chi connectivity index (χ1) is 9.06. The number of aromatic nitrogens is 1. The Hall–Kier alpha value is -1.19. The number of benzene rings is 1. The van der Waals surface area contributed by atoms with Crippen LogP contribution in [0, 0.1) is 13.8 Å². The quantitative estimate of drug-likeness (QED) is 0.908. The lowest BCUT2D eigenvalue weighted by Gasteiger charge is -2.17. The summed E-state index contributed by atoms with van der Waals surface area (Å²) in [6.45, 7) is 7.26. The summed E-state index contributed by atoms with van der Waals surface area (Å²) in [5.74, 6) is 0. The molecule has 0 aliphatic carbocycles. The Bertz CT molecular complexity index is 549. The van der Waals surface area contributed by atoms with Gasteiger partial charge in [0.15, 0.2) is 0 Å². The third-order valence-electron chi connectivity index (χ3n) is 3.27. The van der Waals surface area contributed by atoms with Crippen molar-refractivity contribution in [3.05, 3.63) is 63.4 Å². The normalized spacial score (nSPS) is 12.4. The fraction of sp³-hybridized carbons (Fsp3) is 0.312. The van der Waals surface area contributed by atoms with E-state index in [9.17, 15) is 0 Å². The zero-order valence-corrected chi connectivity index (χ0v) is 13.2. The van der Waals surface area contributed by atoms with Gasteiger partial charge >= 0.3 is 0 Å². The Morgan fingerprint density at radius 1 is 1.21 bits per heavy atom. The van der Waals surface area contributed by atoms with E-state index < -0.39 is 0 Å². The van der Waals surface area contributed by atoms with Crippen LogP contribution in [-0.2, 0) is 6.54 Å². The standard InChI is InChI=1S/C16H19BrN2/c1-11-4-7-16(12(2)8-11)13(3)18-10-15-6-5-14(17)9-19-15/h4-9,13,18H,10H2,1-3H3. The van der Waals surface area contributed by atoms with Crippen LogP contribution in [0.3, 0.4) is 0 Å². The second kappa shape index (κ2) is 6.31. The van der Waals surface area contributed by atoms with E-state index in [1.54, 1.807) is 0 Å². The maximum Gasteiger partial charge on any atom is 0.0542 e. The lowest BCUT2D eigenvalue weighted by molar-refractivity contribution is 0.565. The summed E-state index contributed by atoms with van der Waals surface area (Å²) in [5, 5.41) is 3.52. The molecule has 0 saturated carbocycles. The molecule has 19 heavy (non-hydrogen) atoms. The predicted octanol–water partition coefficient (Wildman–Crippen LogP) is 4.31. The van der Waals surface area contributed by atoms with Crippen LogP contribution in [0.2, 0.25) is 0 Å². The van der Waals surface area contributed by atoms with Gasteiger partial charge in [0.1, 0.15) is 0 Å². The first-order valence-corrected chi connectivity index (χ1v) is 7.26. The molecule has 1 heterocycles. The maximum atomic E-state index is 4.37. The SMILES string of the molecule is Cc1ccc(C(C)NCc2ccc(Br)cn2)c(C)c1. The highest BCUT2D eigenvalue weighted by atomic mass is 79.9. The highest BCUT2D eigenvalue weighted by molar-refractivity contribution is 9.10. The minimum Gasteiger partial charge on any atom is -0.305 e. The van der Waals surface area contributed by atoms with Crippen molar-refractivity contribution in [2.45, 2.75) is 33.4 Å². The van der Waals surface area contributed by atoms with Crippen molar-refractivity contribution in [3.63, 3.8) is 0 Å². The van der Waals surface area contributed by atoms with E-state index in [1.807, 2.05) is 18.3 Å². The summed E-state index contributed by atoms with van der Waals surface area (Å²) in [4.78, 5) is 4.37. The van der Waals surface area contributed by atoms with E-state index in [2.05, 4.69) is 65.2 Å². The molecule has 1 aromatic heterocycles. The molecule has 0 spiro atoms. The van der Waals surface area contributed by atoms with Crippen LogP contribution in [0.5, 0.6) is 0 Å². The fourth-order valence-electron chi connectivity index (χ4n) is 2.19. The number of hydrogen-bond donors (Lipinski definition) is 1. The van der Waals surface area contributed by atoms with Crippen LogP contribution in [0.25, 0.3) is 0 Å². The number of hydrogen-bond acceptors (Lipinski definition) is 2. The molecule has 0 bridgehead atoms. The highest BCUT2D eigenvalue weighted by Crippen LogP contribution is 2.19. The third-order valence-corrected chi connectivity index (χ3v) is 3.74. The number of rotatable bonds is 4. The van der Waals surface area contributed by atoms with Crippen molar-refractivity contribution in [3.8, 4) is 0 Å². The predicted molar refractivity (Wildman–Crippen MR) is 83.1 cm³/mol. The van der Waals surface area contributed by atoms with Gasteiger partial charge in [0.05, 0.1) is 5.69 Å². The molecule has 100 valence electrons. The molecule has 0 fully saturated rings. The monoisotopic (exact) mass is 318 g/mol. The van der Waals surface area contributed by atoms with E-state index in [4.69, 9.17) is 0 Å². The number of pyridine rings is 1. The van der Waals surface area contributed by atoms with E-state index in [-0.39, 0.29) is 0 Å². The molecule has 0 amide bonds. The summed E-state index contributed by atoms with van der Waals surface area (Å²) in [5.41, 5.74) is 5.05. The van der Waals surface area contributed by atoms with Crippen LogP contribution in [0.1, 0.15) is 35.3 Å². The molecule has 2 aromatic rings. The van der Waals surface area contributed by atoms with Crippen LogP contribution in [0.4, 0.5) is 0 Å². The summed E-state index contributed by atoms with van der Waals surface area (Å²) in [6.07, 6.45) is 1.83. The highest BCUT2D eigenvalue weighted by Gasteiger charge is 2.08. The Kier molecular flexibility index (Phi) is 4.72. The topological polar surface area (TPSA) is 24.9 Å². The number of halogens is 1. The van der Waals surface area contributed by atoms with Crippen molar-refractivity contribution in [1.29, 1.82) is 0 Å². The minimum atomic E-state index is 0.325. The molecule has 0 saturated heterocycles. The van der Waals surface area contributed by atoms with Gasteiger partial charge in [-0.25, -0.2) is 0 Å². The molecule has 1 aromatic carbocycles. The second-order valence-corrected chi connectivity index (χ2v) is 5.85. The van der Waals surface area contributed by atoms with Gasteiger partial charge in [-0.05, 0) is 60.0 Å². The molecule has 0 aliphatic heterocycles. The first kappa shape index (κ1) is 14.2. The average Bonchev–Trinajstić information content (AvgIpc) is 2.37. The largest absolute Gasteiger partial charge is 0.305 e. The molecule has 0 aliphatic rings. The molecule has 0 radical (unpaired) electrons. The molecule has 1 N–H and O–H groups in total. The molecule has 1 unspecified atom stereocenters. The van der Waals surface area contributed by atoms with Gasteiger partial charge in [-0.15, -0.1) is 0 Å². The summed E-state index contributed by atoms with van der Waals surface area (Å²) >= 11 is 3.40. The van der Waals surface area contributed by atoms with Gasteiger partial charge in [0, 0.05) is 23.3 Å². The molecular formula is C16H19BrN2.